The van der Waals surface area contributed by atoms with E-state index in [1.807, 2.05) is 0 Å². The van der Waals surface area contributed by atoms with E-state index >= 15 is 0 Å². The van der Waals surface area contributed by atoms with E-state index in [-0.39, 0.29) is 11.4 Å². The van der Waals surface area contributed by atoms with Crippen molar-refractivity contribution in [1.29, 1.82) is 0 Å². The third-order valence-corrected chi connectivity index (χ3v) is 2.72. The lowest BCUT2D eigenvalue weighted by atomic mass is 10.0. The van der Waals surface area contributed by atoms with Crippen LogP contribution < -0.4 is 10.5 Å². The van der Waals surface area contributed by atoms with E-state index in [0.717, 1.165) is 12.8 Å². The average Bonchev–Trinajstić information content (AvgIpc) is 2.88. The van der Waals surface area contributed by atoms with E-state index < -0.39 is 0 Å². The first-order valence-electron chi connectivity index (χ1n) is 4.75. The molecular weight excluding hydrogens is 181 g/mol. The summed E-state index contributed by atoms with van der Waals surface area (Å²) in [5, 5.41) is 0. The quantitative estimate of drug-likeness (QED) is 0.799. The Morgan fingerprint density at radius 1 is 1.50 bits per heavy atom. The molecule has 1 aromatic carbocycles. The molecule has 0 radical (unpaired) electrons. The Morgan fingerprint density at radius 3 is 2.79 bits per heavy atom. The molecule has 0 bridgehead atoms. The van der Waals surface area contributed by atoms with Crippen LogP contribution in [0.5, 0.6) is 5.75 Å². The molecule has 0 amide bonds. The lowest BCUT2D eigenvalue weighted by Gasteiger charge is -2.13. The fourth-order valence-corrected chi connectivity index (χ4v) is 1.59. The summed E-state index contributed by atoms with van der Waals surface area (Å²) < 4.78 is 18.6. The third-order valence-electron chi connectivity index (χ3n) is 2.72. The van der Waals surface area contributed by atoms with Crippen molar-refractivity contribution in [2.45, 2.75) is 24.8 Å². The topological polar surface area (TPSA) is 35.2 Å². The lowest BCUT2D eigenvalue weighted by molar-refractivity contribution is 0.401. The van der Waals surface area contributed by atoms with Crippen LogP contribution in [0.1, 0.15) is 18.4 Å². The molecule has 3 heteroatoms. The first kappa shape index (κ1) is 9.46. The highest BCUT2D eigenvalue weighted by molar-refractivity contribution is 5.36. The summed E-state index contributed by atoms with van der Waals surface area (Å²) in [6.07, 6.45) is 2.53. The zero-order valence-electron chi connectivity index (χ0n) is 8.22. The van der Waals surface area contributed by atoms with Crippen LogP contribution in [-0.4, -0.2) is 12.6 Å². The molecule has 0 atom stereocenters. The Kier molecular flexibility index (Phi) is 2.19. The molecule has 0 spiro atoms. The van der Waals surface area contributed by atoms with E-state index in [9.17, 15) is 4.39 Å². The second-order valence-electron chi connectivity index (χ2n) is 3.96. The molecule has 1 fully saturated rings. The zero-order valence-corrected chi connectivity index (χ0v) is 8.22. The van der Waals surface area contributed by atoms with E-state index in [0.29, 0.717) is 17.7 Å². The van der Waals surface area contributed by atoms with Gasteiger partial charge in [-0.3, -0.25) is 0 Å². The van der Waals surface area contributed by atoms with Crippen LogP contribution in [0.4, 0.5) is 4.39 Å². The van der Waals surface area contributed by atoms with Crippen molar-refractivity contribution in [1.82, 2.24) is 0 Å². The van der Waals surface area contributed by atoms with Crippen molar-refractivity contribution >= 4 is 0 Å². The van der Waals surface area contributed by atoms with Gasteiger partial charge in [-0.15, -0.1) is 0 Å². The first-order chi connectivity index (χ1) is 6.64. The van der Waals surface area contributed by atoms with E-state index in [1.54, 1.807) is 19.2 Å². The van der Waals surface area contributed by atoms with Gasteiger partial charge < -0.3 is 10.5 Å². The highest BCUT2D eigenvalue weighted by atomic mass is 19.1. The molecule has 2 nitrogen and oxygen atoms in total. The third kappa shape index (κ3) is 1.73. The number of hydrogen-bond donors (Lipinski definition) is 1. The van der Waals surface area contributed by atoms with Crippen LogP contribution in [0.2, 0.25) is 0 Å². The van der Waals surface area contributed by atoms with Crippen molar-refractivity contribution in [2.75, 3.05) is 7.11 Å². The van der Waals surface area contributed by atoms with Gasteiger partial charge in [0.1, 0.15) is 11.6 Å². The molecule has 1 aromatic rings. The van der Waals surface area contributed by atoms with E-state index in [4.69, 9.17) is 10.5 Å². The molecule has 1 aliphatic rings. The van der Waals surface area contributed by atoms with Gasteiger partial charge in [0.15, 0.2) is 0 Å². The minimum absolute atomic E-state index is 0.185. The minimum atomic E-state index is -0.221. The molecule has 2 N–H and O–H groups in total. The summed E-state index contributed by atoms with van der Waals surface area (Å²) in [6, 6.07) is 4.86. The number of methoxy groups -OCH3 is 1. The largest absolute Gasteiger partial charge is 0.496 e. The van der Waals surface area contributed by atoms with Crippen molar-refractivity contribution in [2.24, 2.45) is 5.73 Å². The second kappa shape index (κ2) is 3.24. The summed E-state index contributed by atoms with van der Waals surface area (Å²) in [5.41, 5.74) is 6.37. The minimum Gasteiger partial charge on any atom is -0.496 e. The van der Waals surface area contributed by atoms with Gasteiger partial charge in [-0.1, -0.05) is 6.07 Å². The first-order valence-corrected chi connectivity index (χ1v) is 4.75. The van der Waals surface area contributed by atoms with Gasteiger partial charge in [0, 0.05) is 11.1 Å². The SMILES string of the molecule is COc1cccc(F)c1CC1(N)CC1. The summed E-state index contributed by atoms with van der Waals surface area (Å²) in [6.45, 7) is 0. The van der Waals surface area contributed by atoms with Crippen LogP contribution in [0.15, 0.2) is 18.2 Å². The van der Waals surface area contributed by atoms with Gasteiger partial charge in [-0.25, -0.2) is 4.39 Å². The van der Waals surface area contributed by atoms with Gasteiger partial charge in [-0.2, -0.15) is 0 Å². The maximum absolute atomic E-state index is 13.5. The maximum atomic E-state index is 13.5. The number of halogens is 1. The maximum Gasteiger partial charge on any atom is 0.130 e. The molecule has 0 heterocycles. The van der Waals surface area contributed by atoms with Crippen LogP contribution in [0.3, 0.4) is 0 Å². The molecule has 1 saturated carbocycles. The Morgan fingerprint density at radius 2 is 2.21 bits per heavy atom. The summed E-state index contributed by atoms with van der Waals surface area (Å²) >= 11 is 0. The van der Waals surface area contributed by atoms with E-state index in [1.165, 1.54) is 6.07 Å². The summed E-state index contributed by atoms with van der Waals surface area (Å²) in [5.74, 6) is 0.378. The molecule has 0 aliphatic heterocycles. The normalized spacial score (nSPS) is 17.9. The predicted molar refractivity (Wildman–Crippen MR) is 52.8 cm³/mol. The highest BCUT2D eigenvalue weighted by Gasteiger charge is 2.39. The molecule has 76 valence electrons. The van der Waals surface area contributed by atoms with Crippen molar-refractivity contribution in [3.05, 3.63) is 29.6 Å². The molecule has 0 saturated heterocycles. The Labute approximate surface area is 82.9 Å². The monoisotopic (exact) mass is 195 g/mol. The van der Waals surface area contributed by atoms with Crippen LogP contribution >= 0.6 is 0 Å². The Bertz CT molecular complexity index is 347. The standard InChI is InChI=1S/C11H14FNO/c1-14-10-4-2-3-9(12)8(10)7-11(13)5-6-11/h2-4H,5-7,13H2,1H3. The summed E-state index contributed by atoms with van der Waals surface area (Å²) in [7, 11) is 1.55. The Balaban J connectivity index is 2.29. The molecule has 1 aliphatic carbocycles. The number of ether oxygens (including phenoxy) is 1. The van der Waals surface area contributed by atoms with Gasteiger partial charge >= 0.3 is 0 Å². The van der Waals surface area contributed by atoms with Gasteiger partial charge in [0.2, 0.25) is 0 Å². The van der Waals surface area contributed by atoms with Gasteiger partial charge in [-0.05, 0) is 31.4 Å². The smallest absolute Gasteiger partial charge is 0.130 e. The zero-order chi connectivity index (χ0) is 10.2. The predicted octanol–water partition coefficient (Wildman–Crippen LogP) is 1.87. The second-order valence-corrected chi connectivity index (χ2v) is 3.96. The molecular formula is C11H14FNO. The van der Waals surface area contributed by atoms with Crippen molar-refractivity contribution < 1.29 is 9.13 Å². The Hall–Kier alpha value is -1.09. The average molecular weight is 195 g/mol. The number of nitrogens with two attached hydrogens (primary N) is 1. The fraction of sp³-hybridized carbons (Fsp3) is 0.455. The molecule has 0 unspecified atom stereocenters. The summed E-state index contributed by atoms with van der Waals surface area (Å²) in [4.78, 5) is 0. The van der Waals surface area contributed by atoms with Crippen LogP contribution in [-0.2, 0) is 6.42 Å². The number of rotatable bonds is 3. The van der Waals surface area contributed by atoms with Gasteiger partial charge in [0.05, 0.1) is 7.11 Å². The fourth-order valence-electron chi connectivity index (χ4n) is 1.59. The van der Waals surface area contributed by atoms with Crippen LogP contribution in [0, 0.1) is 5.82 Å². The molecule has 2 rings (SSSR count). The molecule has 14 heavy (non-hydrogen) atoms. The van der Waals surface area contributed by atoms with Crippen molar-refractivity contribution in [3.63, 3.8) is 0 Å². The van der Waals surface area contributed by atoms with Gasteiger partial charge in [0.25, 0.3) is 0 Å². The van der Waals surface area contributed by atoms with E-state index in [2.05, 4.69) is 0 Å². The number of benzene rings is 1. The van der Waals surface area contributed by atoms with Crippen LogP contribution in [0.25, 0.3) is 0 Å². The van der Waals surface area contributed by atoms with Crippen molar-refractivity contribution in [3.8, 4) is 5.75 Å². The highest BCUT2D eigenvalue weighted by Crippen LogP contribution is 2.38. The lowest BCUT2D eigenvalue weighted by Crippen LogP contribution is -2.25. The number of hydrogen-bond acceptors (Lipinski definition) is 2. The molecule has 0 aromatic heterocycles.